The Labute approximate surface area is 149 Å². The van der Waals surface area contributed by atoms with Gasteiger partial charge in [-0.2, -0.15) is 5.10 Å². The first-order valence-electron chi connectivity index (χ1n) is 7.99. The van der Waals surface area contributed by atoms with Crippen LogP contribution >= 0.6 is 12.4 Å². The molecule has 7 heteroatoms. The Morgan fingerprint density at radius 1 is 1.25 bits per heavy atom. The highest BCUT2D eigenvalue weighted by Crippen LogP contribution is 2.19. The number of hydrogen-bond acceptors (Lipinski definition) is 4. The average molecular weight is 352 g/mol. The van der Waals surface area contributed by atoms with E-state index < -0.39 is 0 Å². The molecule has 1 unspecified atom stereocenters. The van der Waals surface area contributed by atoms with E-state index in [1.807, 2.05) is 24.3 Å². The summed E-state index contributed by atoms with van der Waals surface area (Å²) in [6.07, 6.45) is 1.60. The molecule has 0 aliphatic carbocycles. The quantitative estimate of drug-likeness (QED) is 0.712. The second kappa shape index (κ2) is 9.39. The number of nitrogens with one attached hydrogen (secondary N) is 2. The minimum Gasteiger partial charge on any atom is -0.326 e. The van der Waals surface area contributed by atoms with Crippen LogP contribution in [0.2, 0.25) is 0 Å². The van der Waals surface area contributed by atoms with Crippen LogP contribution in [0, 0.1) is 11.8 Å². The van der Waals surface area contributed by atoms with Gasteiger partial charge in [-0.25, -0.2) is 4.98 Å². The maximum atomic E-state index is 12.0. The molecule has 1 aromatic carbocycles. The van der Waals surface area contributed by atoms with Gasteiger partial charge in [0, 0.05) is 17.7 Å². The number of H-pyrrole nitrogens is 1. The van der Waals surface area contributed by atoms with Crippen molar-refractivity contribution >= 4 is 24.0 Å². The highest BCUT2D eigenvalue weighted by molar-refractivity contribution is 5.91. The van der Waals surface area contributed by atoms with Gasteiger partial charge in [-0.05, 0) is 42.5 Å². The van der Waals surface area contributed by atoms with Gasteiger partial charge in [-0.1, -0.05) is 20.8 Å². The van der Waals surface area contributed by atoms with Crippen molar-refractivity contribution in [2.75, 3.05) is 5.32 Å². The smallest absolute Gasteiger partial charge is 0.224 e. The Kier molecular flexibility index (Phi) is 7.88. The number of hydrogen-bond donors (Lipinski definition) is 3. The molecule has 4 N–H and O–H groups in total. The van der Waals surface area contributed by atoms with Crippen molar-refractivity contribution in [1.29, 1.82) is 0 Å². The lowest BCUT2D eigenvalue weighted by atomic mass is 9.96. The van der Waals surface area contributed by atoms with Crippen LogP contribution in [0.1, 0.15) is 39.4 Å². The molecule has 0 radical (unpaired) electrons. The van der Waals surface area contributed by atoms with Crippen LogP contribution in [-0.4, -0.2) is 21.1 Å². The Morgan fingerprint density at radius 3 is 2.46 bits per heavy atom. The number of benzene rings is 1. The van der Waals surface area contributed by atoms with Crippen molar-refractivity contribution < 1.29 is 4.79 Å². The van der Waals surface area contributed by atoms with E-state index in [0.29, 0.717) is 36.5 Å². The second-order valence-electron chi connectivity index (χ2n) is 6.37. The molecule has 6 nitrogen and oxygen atoms in total. The van der Waals surface area contributed by atoms with E-state index in [-0.39, 0.29) is 18.3 Å². The van der Waals surface area contributed by atoms with Crippen molar-refractivity contribution in [1.82, 2.24) is 15.2 Å². The first-order chi connectivity index (χ1) is 11.0. The van der Waals surface area contributed by atoms with Crippen LogP contribution in [0.25, 0.3) is 11.4 Å². The van der Waals surface area contributed by atoms with E-state index in [4.69, 9.17) is 5.73 Å². The lowest BCUT2D eigenvalue weighted by Crippen LogP contribution is -2.16. The predicted octanol–water partition coefficient (Wildman–Crippen LogP) is 3.36. The fourth-order valence-electron chi connectivity index (χ4n) is 2.63. The Balaban J connectivity index is 0.00000288. The van der Waals surface area contributed by atoms with E-state index in [1.165, 1.54) is 0 Å². The van der Waals surface area contributed by atoms with E-state index in [0.717, 1.165) is 17.7 Å². The summed E-state index contributed by atoms with van der Waals surface area (Å²) in [6, 6.07) is 7.49. The number of nitrogens with two attached hydrogens (primary N) is 1. The second-order valence-corrected chi connectivity index (χ2v) is 6.37. The third kappa shape index (κ3) is 5.94. The van der Waals surface area contributed by atoms with E-state index >= 15 is 0 Å². The molecule has 0 aliphatic heterocycles. The van der Waals surface area contributed by atoms with Gasteiger partial charge in [0.05, 0.1) is 6.54 Å². The van der Waals surface area contributed by atoms with Gasteiger partial charge in [0.2, 0.25) is 5.91 Å². The zero-order chi connectivity index (χ0) is 16.8. The summed E-state index contributed by atoms with van der Waals surface area (Å²) in [5.74, 6) is 2.30. The molecule has 0 fully saturated rings. The predicted molar refractivity (Wildman–Crippen MR) is 98.8 cm³/mol. The van der Waals surface area contributed by atoms with Gasteiger partial charge in [0.1, 0.15) is 5.82 Å². The van der Waals surface area contributed by atoms with Crippen molar-refractivity contribution in [3.63, 3.8) is 0 Å². The van der Waals surface area contributed by atoms with E-state index in [9.17, 15) is 4.79 Å². The molecule has 0 saturated carbocycles. The number of aromatic nitrogens is 3. The Bertz CT molecular complexity index is 639. The molecule has 0 bridgehead atoms. The number of carbonyl (C=O) groups is 1. The number of anilines is 1. The highest BCUT2D eigenvalue weighted by Gasteiger charge is 2.11. The molecule has 1 amide bonds. The first kappa shape index (κ1) is 20.1. The first-order valence-corrected chi connectivity index (χ1v) is 7.99. The van der Waals surface area contributed by atoms with Gasteiger partial charge in [-0.3, -0.25) is 9.89 Å². The van der Waals surface area contributed by atoms with Crippen molar-refractivity contribution in [2.24, 2.45) is 17.6 Å². The number of aromatic amines is 1. The van der Waals surface area contributed by atoms with Crippen LogP contribution in [0.3, 0.4) is 0 Å². The Hall–Kier alpha value is -1.92. The molecule has 1 atom stereocenters. The van der Waals surface area contributed by atoms with Crippen LogP contribution in [0.15, 0.2) is 24.3 Å². The molecule has 0 spiro atoms. The number of nitrogens with zero attached hydrogens (tertiary/aromatic N) is 2. The fourth-order valence-corrected chi connectivity index (χ4v) is 2.63. The van der Waals surface area contributed by atoms with Crippen LogP contribution in [0.4, 0.5) is 5.69 Å². The summed E-state index contributed by atoms with van der Waals surface area (Å²) < 4.78 is 0. The minimum atomic E-state index is 0. The van der Waals surface area contributed by atoms with E-state index in [2.05, 4.69) is 41.3 Å². The number of rotatable bonds is 7. The molecule has 24 heavy (non-hydrogen) atoms. The number of carbonyl (C=O) groups excluding carboxylic acids is 1. The maximum absolute atomic E-state index is 12.0. The minimum absolute atomic E-state index is 0. The largest absolute Gasteiger partial charge is 0.326 e. The molecular weight excluding hydrogens is 326 g/mol. The molecule has 2 aromatic rings. The highest BCUT2D eigenvalue weighted by atomic mass is 35.5. The summed E-state index contributed by atoms with van der Waals surface area (Å²) in [5.41, 5.74) is 7.17. The molecule has 0 saturated heterocycles. The number of amides is 1. The summed E-state index contributed by atoms with van der Waals surface area (Å²) in [6.45, 7) is 6.79. The summed E-state index contributed by atoms with van der Waals surface area (Å²) in [4.78, 5) is 16.3. The standard InChI is InChI=1S/C17H25N5O.ClH/c1-11(2)8-12(3)9-16(23)19-14-6-4-13(5-7-14)17-20-15(10-18)21-22-17;/h4-7,11-12H,8-10,18H2,1-3H3,(H,19,23)(H,20,21,22);1H. The Morgan fingerprint density at radius 2 is 1.92 bits per heavy atom. The average Bonchev–Trinajstić information content (AvgIpc) is 2.95. The van der Waals surface area contributed by atoms with Gasteiger partial charge in [0.25, 0.3) is 0 Å². The number of halogens is 1. The normalized spacial score (nSPS) is 11.9. The maximum Gasteiger partial charge on any atom is 0.224 e. The molecule has 0 aliphatic rings. The van der Waals surface area contributed by atoms with Gasteiger partial charge in [-0.15, -0.1) is 12.4 Å². The van der Waals surface area contributed by atoms with Crippen molar-refractivity contribution in [3.05, 3.63) is 30.1 Å². The summed E-state index contributed by atoms with van der Waals surface area (Å²) in [7, 11) is 0. The lowest BCUT2D eigenvalue weighted by Gasteiger charge is -2.13. The van der Waals surface area contributed by atoms with Gasteiger partial charge >= 0.3 is 0 Å². The SMILES string of the molecule is CC(C)CC(C)CC(=O)Nc1ccc(-c2n[nH]c(CN)n2)cc1.Cl. The van der Waals surface area contributed by atoms with E-state index in [1.54, 1.807) is 0 Å². The molecular formula is C17H26ClN5O. The third-order valence-corrected chi connectivity index (χ3v) is 3.56. The molecule has 132 valence electrons. The fraction of sp³-hybridized carbons (Fsp3) is 0.471. The molecule has 1 aromatic heterocycles. The van der Waals surface area contributed by atoms with Crippen molar-refractivity contribution in [3.8, 4) is 11.4 Å². The zero-order valence-electron chi connectivity index (χ0n) is 14.4. The lowest BCUT2D eigenvalue weighted by molar-refractivity contribution is -0.117. The zero-order valence-corrected chi connectivity index (χ0v) is 15.2. The summed E-state index contributed by atoms with van der Waals surface area (Å²) >= 11 is 0. The molecule has 2 rings (SSSR count). The van der Waals surface area contributed by atoms with Crippen LogP contribution < -0.4 is 11.1 Å². The monoisotopic (exact) mass is 351 g/mol. The molecule has 1 heterocycles. The van der Waals surface area contributed by atoms with Crippen LogP contribution in [-0.2, 0) is 11.3 Å². The topological polar surface area (TPSA) is 96.7 Å². The summed E-state index contributed by atoms with van der Waals surface area (Å²) in [5, 5.41) is 9.83. The van der Waals surface area contributed by atoms with Crippen LogP contribution in [0.5, 0.6) is 0 Å². The van der Waals surface area contributed by atoms with Gasteiger partial charge in [0.15, 0.2) is 5.82 Å². The van der Waals surface area contributed by atoms with Crippen molar-refractivity contribution in [2.45, 2.75) is 40.2 Å². The third-order valence-electron chi connectivity index (χ3n) is 3.56. The van der Waals surface area contributed by atoms with Gasteiger partial charge < -0.3 is 11.1 Å².